The van der Waals surface area contributed by atoms with Crippen LogP contribution in [0, 0.1) is 0 Å². The van der Waals surface area contributed by atoms with Crippen LogP contribution in [0.5, 0.6) is 0 Å². The van der Waals surface area contributed by atoms with Gasteiger partial charge in [-0.05, 0) is 39.0 Å². The Hall–Kier alpha value is -0.190. The lowest BCUT2D eigenvalue weighted by atomic mass is 10.3. The van der Waals surface area contributed by atoms with Crippen molar-refractivity contribution in [1.29, 1.82) is 0 Å². The molecule has 4 heteroatoms. The van der Waals surface area contributed by atoms with Gasteiger partial charge in [0.15, 0.2) is 0 Å². The second-order valence-electron chi connectivity index (χ2n) is 3.87. The van der Waals surface area contributed by atoms with Crippen LogP contribution in [0.2, 0.25) is 0 Å². The Morgan fingerprint density at radius 1 is 1.00 bits per heavy atom. The van der Waals surface area contributed by atoms with Crippen LogP contribution in [0.15, 0.2) is 0 Å². The van der Waals surface area contributed by atoms with E-state index in [1.54, 1.807) is 0 Å². The smallest absolute Gasteiger partial charge is 0.102 e. The van der Waals surface area contributed by atoms with Crippen molar-refractivity contribution in [3.05, 3.63) is 0 Å². The first-order chi connectivity index (χ1) is 6.86. The van der Waals surface area contributed by atoms with Crippen LogP contribution >= 0.6 is 0 Å². The van der Waals surface area contributed by atoms with Crippen molar-refractivity contribution in [1.82, 2.24) is 9.80 Å². The van der Waals surface area contributed by atoms with Crippen LogP contribution in [0.25, 0.3) is 0 Å². The molecule has 0 spiro atoms. The molecule has 2 N–H and O–H groups in total. The highest BCUT2D eigenvalue weighted by molar-refractivity contribution is 4.69. The molecule has 1 rings (SSSR count). The summed E-state index contributed by atoms with van der Waals surface area (Å²) in [5.74, 6) is 0. The van der Waals surface area contributed by atoms with Crippen molar-refractivity contribution < 1.29 is 4.39 Å². The van der Waals surface area contributed by atoms with Crippen LogP contribution < -0.4 is 5.73 Å². The second kappa shape index (κ2) is 7.15. The van der Waals surface area contributed by atoms with E-state index in [0.29, 0.717) is 6.54 Å². The standard InChI is InChI=1S/C10H22FN3/c11-3-8-14-7-2-6-13(9-10-14)5-1-4-12/h1-10,12H2. The molecule has 84 valence electrons. The molecule has 0 atom stereocenters. The molecule has 0 aromatic rings. The molecule has 0 radical (unpaired) electrons. The average Bonchev–Trinajstić information content (AvgIpc) is 2.41. The van der Waals surface area contributed by atoms with E-state index in [1.807, 2.05) is 0 Å². The van der Waals surface area contributed by atoms with Gasteiger partial charge in [-0.3, -0.25) is 4.90 Å². The fourth-order valence-corrected chi connectivity index (χ4v) is 1.91. The lowest BCUT2D eigenvalue weighted by molar-refractivity contribution is 0.240. The van der Waals surface area contributed by atoms with E-state index in [4.69, 9.17) is 5.73 Å². The quantitative estimate of drug-likeness (QED) is 0.698. The minimum Gasteiger partial charge on any atom is -0.330 e. The van der Waals surface area contributed by atoms with E-state index < -0.39 is 0 Å². The van der Waals surface area contributed by atoms with Gasteiger partial charge in [-0.1, -0.05) is 0 Å². The SMILES string of the molecule is NCCCN1CCCN(CCF)CC1. The normalized spacial score (nSPS) is 21.0. The maximum absolute atomic E-state index is 12.1. The van der Waals surface area contributed by atoms with Crippen molar-refractivity contribution in [2.75, 3.05) is 52.5 Å². The van der Waals surface area contributed by atoms with Crippen molar-refractivity contribution in [3.63, 3.8) is 0 Å². The molecule has 0 aliphatic carbocycles. The minimum atomic E-state index is -0.219. The molecule has 14 heavy (non-hydrogen) atoms. The van der Waals surface area contributed by atoms with E-state index in [0.717, 1.165) is 52.1 Å². The predicted molar refractivity (Wildman–Crippen MR) is 57.1 cm³/mol. The van der Waals surface area contributed by atoms with E-state index in [9.17, 15) is 4.39 Å². The summed E-state index contributed by atoms with van der Waals surface area (Å²) in [5, 5.41) is 0. The fraction of sp³-hybridized carbons (Fsp3) is 1.00. The topological polar surface area (TPSA) is 32.5 Å². The second-order valence-corrected chi connectivity index (χ2v) is 3.87. The Labute approximate surface area is 86.0 Å². The monoisotopic (exact) mass is 203 g/mol. The molecule has 0 bridgehead atoms. The summed E-state index contributed by atoms with van der Waals surface area (Å²) in [6, 6.07) is 0. The highest BCUT2D eigenvalue weighted by Gasteiger charge is 2.13. The molecule has 0 aromatic heterocycles. The molecule has 0 unspecified atom stereocenters. The zero-order valence-electron chi connectivity index (χ0n) is 8.92. The summed E-state index contributed by atoms with van der Waals surface area (Å²) in [6.07, 6.45) is 2.23. The summed E-state index contributed by atoms with van der Waals surface area (Å²) in [7, 11) is 0. The first-order valence-electron chi connectivity index (χ1n) is 5.57. The van der Waals surface area contributed by atoms with Gasteiger partial charge in [-0.15, -0.1) is 0 Å². The lowest BCUT2D eigenvalue weighted by Crippen LogP contribution is -2.32. The predicted octanol–water partition coefficient (Wildman–Crippen LogP) is 0.312. The number of rotatable bonds is 5. The maximum atomic E-state index is 12.1. The Bertz CT molecular complexity index is 143. The third-order valence-electron chi connectivity index (χ3n) is 2.76. The van der Waals surface area contributed by atoms with Crippen molar-refractivity contribution >= 4 is 0 Å². The molecular weight excluding hydrogens is 181 g/mol. The van der Waals surface area contributed by atoms with Gasteiger partial charge in [0, 0.05) is 19.6 Å². The number of nitrogens with two attached hydrogens (primary N) is 1. The van der Waals surface area contributed by atoms with Gasteiger partial charge in [0.25, 0.3) is 0 Å². The van der Waals surface area contributed by atoms with Crippen molar-refractivity contribution in [3.8, 4) is 0 Å². The molecule has 0 aromatic carbocycles. The Morgan fingerprint density at radius 3 is 2.21 bits per heavy atom. The molecule has 1 aliphatic heterocycles. The average molecular weight is 203 g/mol. The van der Waals surface area contributed by atoms with Gasteiger partial charge in [0.1, 0.15) is 6.67 Å². The van der Waals surface area contributed by atoms with Crippen LogP contribution in [0.1, 0.15) is 12.8 Å². The van der Waals surface area contributed by atoms with Gasteiger partial charge < -0.3 is 10.6 Å². The zero-order valence-corrected chi connectivity index (χ0v) is 8.92. The summed E-state index contributed by atoms with van der Waals surface area (Å²) < 4.78 is 12.1. The van der Waals surface area contributed by atoms with Crippen molar-refractivity contribution in [2.45, 2.75) is 12.8 Å². The Balaban J connectivity index is 2.19. The summed E-state index contributed by atoms with van der Waals surface area (Å²) in [4.78, 5) is 4.65. The summed E-state index contributed by atoms with van der Waals surface area (Å²) in [6.45, 7) is 6.51. The minimum absolute atomic E-state index is 0.219. The molecule has 3 nitrogen and oxygen atoms in total. The highest BCUT2D eigenvalue weighted by atomic mass is 19.1. The first kappa shape index (κ1) is 11.9. The van der Waals surface area contributed by atoms with Gasteiger partial charge in [-0.25, -0.2) is 4.39 Å². The largest absolute Gasteiger partial charge is 0.330 e. The summed E-state index contributed by atoms with van der Waals surface area (Å²) >= 11 is 0. The van der Waals surface area contributed by atoms with Crippen LogP contribution in [-0.4, -0.2) is 62.3 Å². The van der Waals surface area contributed by atoms with Gasteiger partial charge in [0.05, 0.1) is 0 Å². The third kappa shape index (κ3) is 4.35. The van der Waals surface area contributed by atoms with Crippen LogP contribution in [-0.2, 0) is 0 Å². The fourth-order valence-electron chi connectivity index (χ4n) is 1.91. The van der Waals surface area contributed by atoms with E-state index in [1.165, 1.54) is 0 Å². The van der Waals surface area contributed by atoms with Gasteiger partial charge in [-0.2, -0.15) is 0 Å². The van der Waals surface area contributed by atoms with Gasteiger partial charge >= 0.3 is 0 Å². The van der Waals surface area contributed by atoms with E-state index >= 15 is 0 Å². The number of hydrogen-bond acceptors (Lipinski definition) is 3. The Kier molecular flexibility index (Phi) is 6.07. The highest BCUT2D eigenvalue weighted by Crippen LogP contribution is 2.03. The van der Waals surface area contributed by atoms with E-state index in [2.05, 4.69) is 9.80 Å². The molecule has 0 amide bonds. The summed E-state index contributed by atoms with van der Waals surface area (Å²) in [5.41, 5.74) is 5.47. The molecule has 0 saturated carbocycles. The van der Waals surface area contributed by atoms with Crippen molar-refractivity contribution in [2.24, 2.45) is 5.73 Å². The number of hydrogen-bond donors (Lipinski definition) is 1. The molecule has 1 fully saturated rings. The van der Waals surface area contributed by atoms with E-state index in [-0.39, 0.29) is 6.67 Å². The number of nitrogens with zero attached hydrogens (tertiary/aromatic N) is 2. The third-order valence-corrected chi connectivity index (χ3v) is 2.76. The molecule has 1 heterocycles. The number of alkyl halides is 1. The van der Waals surface area contributed by atoms with Crippen LogP contribution in [0.4, 0.5) is 4.39 Å². The number of halogens is 1. The zero-order chi connectivity index (χ0) is 10.2. The molecule has 1 aliphatic rings. The van der Waals surface area contributed by atoms with Gasteiger partial charge in [0.2, 0.25) is 0 Å². The molecular formula is C10H22FN3. The lowest BCUT2D eigenvalue weighted by Gasteiger charge is -2.20. The first-order valence-corrected chi connectivity index (χ1v) is 5.57. The maximum Gasteiger partial charge on any atom is 0.102 e. The molecule has 1 saturated heterocycles. The Morgan fingerprint density at radius 2 is 1.64 bits per heavy atom. The van der Waals surface area contributed by atoms with Crippen LogP contribution in [0.3, 0.4) is 0 Å².